The molecular formula is C24H40O2. The van der Waals surface area contributed by atoms with Crippen LogP contribution >= 0.6 is 0 Å². The second-order valence-electron chi connectivity index (χ2n) is 10.1. The summed E-state index contributed by atoms with van der Waals surface area (Å²) in [5.74, 6) is 1.64. The first-order valence-electron chi connectivity index (χ1n) is 11.0. The molecule has 2 nitrogen and oxygen atoms in total. The molecule has 3 fully saturated rings. The van der Waals surface area contributed by atoms with Crippen LogP contribution in [0.25, 0.3) is 0 Å². The van der Waals surface area contributed by atoms with E-state index >= 15 is 0 Å². The zero-order chi connectivity index (χ0) is 19.1. The monoisotopic (exact) mass is 360 g/mol. The molecule has 6 atom stereocenters. The van der Waals surface area contributed by atoms with Crippen LogP contribution in [0.2, 0.25) is 0 Å². The highest BCUT2D eigenvalue weighted by Gasteiger charge is 2.57. The first-order chi connectivity index (χ1) is 12.2. The van der Waals surface area contributed by atoms with E-state index in [1.165, 1.54) is 44.1 Å². The summed E-state index contributed by atoms with van der Waals surface area (Å²) in [6, 6.07) is 0. The van der Waals surface area contributed by atoms with Crippen molar-refractivity contribution < 1.29 is 10.2 Å². The molecule has 0 bridgehead atoms. The van der Waals surface area contributed by atoms with Crippen molar-refractivity contribution >= 4 is 0 Å². The van der Waals surface area contributed by atoms with Crippen molar-refractivity contribution in [1.29, 1.82) is 0 Å². The largest absolute Gasteiger partial charge is 0.392 e. The van der Waals surface area contributed by atoms with Crippen LogP contribution in [0.3, 0.4) is 0 Å². The number of hydrogen-bond donors (Lipinski definition) is 2. The van der Waals surface area contributed by atoms with Gasteiger partial charge in [0.1, 0.15) is 0 Å². The highest BCUT2D eigenvalue weighted by atomic mass is 16.3. The normalized spacial score (nSPS) is 46.3. The third kappa shape index (κ3) is 3.22. The molecule has 0 radical (unpaired) electrons. The quantitative estimate of drug-likeness (QED) is 0.683. The fourth-order valence-electron chi connectivity index (χ4n) is 6.44. The lowest BCUT2D eigenvalue weighted by atomic mass is 9.53. The number of rotatable bonds is 3. The van der Waals surface area contributed by atoms with Crippen LogP contribution < -0.4 is 0 Å². The summed E-state index contributed by atoms with van der Waals surface area (Å²) in [6.45, 7) is 11.8. The maximum atomic E-state index is 10.2. The number of allylic oxidation sites excluding steroid dienone is 3. The van der Waals surface area contributed by atoms with E-state index in [0.717, 1.165) is 11.8 Å². The van der Waals surface area contributed by atoms with E-state index in [-0.39, 0.29) is 5.92 Å². The van der Waals surface area contributed by atoms with Crippen molar-refractivity contribution in [3.63, 3.8) is 0 Å². The highest BCUT2D eigenvalue weighted by molar-refractivity contribution is 5.30. The predicted molar refractivity (Wildman–Crippen MR) is 109 cm³/mol. The van der Waals surface area contributed by atoms with Gasteiger partial charge in [0.2, 0.25) is 0 Å². The maximum Gasteiger partial charge on any atom is 0.0627 e. The molecule has 0 spiro atoms. The summed E-state index contributed by atoms with van der Waals surface area (Å²) in [5, 5.41) is 20.4. The zero-order valence-corrected chi connectivity index (χ0v) is 17.6. The third-order valence-electron chi connectivity index (χ3n) is 8.89. The molecule has 2 N–H and O–H groups in total. The fourth-order valence-corrected chi connectivity index (χ4v) is 6.44. The molecule has 3 saturated carbocycles. The topological polar surface area (TPSA) is 40.5 Å². The summed E-state index contributed by atoms with van der Waals surface area (Å²) < 4.78 is 0. The SMILES string of the molecule is CC[C@H](C)C1CC[C@@]2(C)/C(=C/C=C3C[C@@H](O)C(C)[C@H](O)C3)CCC[C@]12C. The molecule has 0 heterocycles. The molecule has 0 aromatic carbocycles. The van der Waals surface area contributed by atoms with Gasteiger partial charge in [0.15, 0.2) is 0 Å². The van der Waals surface area contributed by atoms with Gasteiger partial charge in [-0.05, 0) is 67.6 Å². The lowest BCUT2D eigenvalue weighted by Gasteiger charge is -2.51. The van der Waals surface area contributed by atoms with Gasteiger partial charge in [-0.25, -0.2) is 0 Å². The Labute approximate surface area is 160 Å². The minimum Gasteiger partial charge on any atom is -0.392 e. The van der Waals surface area contributed by atoms with Gasteiger partial charge in [-0.3, -0.25) is 0 Å². The summed E-state index contributed by atoms with van der Waals surface area (Å²) >= 11 is 0. The Balaban J connectivity index is 1.85. The Morgan fingerprint density at radius 1 is 1.12 bits per heavy atom. The van der Waals surface area contributed by atoms with E-state index in [4.69, 9.17) is 0 Å². The van der Waals surface area contributed by atoms with Crippen molar-refractivity contribution in [3.05, 3.63) is 23.3 Å². The molecule has 0 saturated heterocycles. The van der Waals surface area contributed by atoms with Crippen LogP contribution in [-0.2, 0) is 0 Å². The van der Waals surface area contributed by atoms with Gasteiger partial charge in [-0.15, -0.1) is 0 Å². The molecular weight excluding hydrogens is 320 g/mol. The van der Waals surface area contributed by atoms with Crippen molar-refractivity contribution in [1.82, 2.24) is 0 Å². The summed E-state index contributed by atoms with van der Waals surface area (Å²) in [7, 11) is 0. The molecule has 2 heteroatoms. The number of aliphatic hydroxyl groups is 2. The van der Waals surface area contributed by atoms with Gasteiger partial charge >= 0.3 is 0 Å². The summed E-state index contributed by atoms with van der Waals surface area (Å²) in [5.41, 5.74) is 3.57. The standard InChI is InChI=1S/C24H40O2/c1-6-16(2)20-11-13-23(4)19(8-7-12-24(20,23)5)10-9-18-14-21(25)17(3)22(26)15-18/h9-10,16-17,20-22,25-26H,6-8,11-15H2,1-5H3/b18-9?,19-10+/t16-,17?,20?,21+,22+,23-,24+/m0/s1. The number of aliphatic hydroxyl groups excluding tert-OH is 2. The average Bonchev–Trinajstić information content (AvgIpc) is 2.89. The van der Waals surface area contributed by atoms with Crippen molar-refractivity contribution in [2.75, 3.05) is 0 Å². The van der Waals surface area contributed by atoms with Crippen LogP contribution in [0.5, 0.6) is 0 Å². The Hall–Kier alpha value is -0.600. The molecule has 0 amide bonds. The average molecular weight is 361 g/mol. The van der Waals surface area contributed by atoms with E-state index in [1.807, 2.05) is 6.92 Å². The van der Waals surface area contributed by atoms with Crippen LogP contribution in [0.15, 0.2) is 23.3 Å². The van der Waals surface area contributed by atoms with Crippen molar-refractivity contribution in [2.45, 2.75) is 98.2 Å². The zero-order valence-electron chi connectivity index (χ0n) is 17.6. The minimum absolute atomic E-state index is 0.0126. The smallest absolute Gasteiger partial charge is 0.0627 e. The molecule has 3 rings (SSSR count). The van der Waals surface area contributed by atoms with Gasteiger partial charge in [-0.1, -0.05) is 64.3 Å². The Bertz CT molecular complexity index is 563. The van der Waals surface area contributed by atoms with E-state index < -0.39 is 12.2 Å². The number of hydrogen-bond acceptors (Lipinski definition) is 2. The second kappa shape index (κ2) is 7.43. The highest BCUT2D eigenvalue weighted by Crippen LogP contribution is 2.66. The predicted octanol–water partition coefficient (Wildman–Crippen LogP) is 5.64. The molecule has 3 aliphatic carbocycles. The lowest BCUT2D eigenvalue weighted by Crippen LogP contribution is -2.43. The van der Waals surface area contributed by atoms with E-state index in [9.17, 15) is 10.2 Å². The minimum atomic E-state index is -0.406. The molecule has 0 aliphatic heterocycles. The Morgan fingerprint density at radius 2 is 1.77 bits per heavy atom. The van der Waals surface area contributed by atoms with E-state index in [2.05, 4.69) is 39.8 Å². The number of fused-ring (bicyclic) bond motifs is 1. The van der Waals surface area contributed by atoms with Crippen LogP contribution in [0, 0.1) is 28.6 Å². The molecule has 148 valence electrons. The Morgan fingerprint density at radius 3 is 2.38 bits per heavy atom. The van der Waals surface area contributed by atoms with E-state index in [0.29, 0.717) is 23.7 Å². The Kier molecular flexibility index (Phi) is 5.76. The van der Waals surface area contributed by atoms with Gasteiger partial charge in [0.05, 0.1) is 12.2 Å². The van der Waals surface area contributed by atoms with Crippen LogP contribution in [0.4, 0.5) is 0 Å². The van der Waals surface area contributed by atoms with E-state index in [1.54, 1.807) is 5.57 Å². The van der Waals surface area contributed by atoms with Gasteiger partial charge in [0, 0.05) is 5.92 Å². The summed E-state index contributed by atoms with van der Waals surface area (Å²) in [6.07, 6.45) is 13.1. The second-order valence-corrected chi connectivity index (χ2v) is 10.1. The molecule has 1 unspecified atom stereocenters. The summed E-state index contributed by atoms with van der Waals surface area (Å²) in [4.78, 5) is 0. The molecule has 0 aromatic rings. The van der Waals surface area contributed by atoms with Gasteiger partial charge in [-0.2, -0.15) is 0 Å². The van der Waals surface area contributed by atoms with Crippen LogP contribution in [-0.4, -0.2) is 22.4 Å². The first-order valence-corrected chi connectivity index (χ1v) is 11.0. The first kappa shape index (κ1) is 20.1. The molecule has 0 aromatic heterocycles. The van der Waals surface area contributed by atoms with Gasteiger partial charge in [0.25, 0.3) is 0 Å². The fraction of sp³-hybridized carbons (Fsp3) is 0.833. The third-order valence-corrected chi connectivity index (χ3v) is 8.89. The molecule has 26 heavy (non-hydrogen) atoms. The molecule has 3 aliphatic rings. The van der Waals surface area contributed by atoms with Crippen LogP contribution in [0.1, 0.15) is 86.0 Å². The maximum absolute atomic E-state index is 10.2. The lowest BCUT2D eigenvalue weighted by molar-refractivity contribution is 0.00405. The van der Waals surface area contributed by atoms with Gasteiger partial charge < -0.3 is 10.2 Å². The van der Waals surface area contributed by atoms with Crippen molar-refractivity contribution in [2.24, 2.45) is 28.6 Å². The van der Waals surface area contributed by atoms with Crippen molar-refractivity contribution in [3.8, 4) is 0 Å².